The maximum Gasteiger partial charge on any atom is 0.373 e. The lowest BCUT2D eigenvalue weighted by atomic mass is 10.1. The van der Waals surface area contributed by atoms with Crippen molar-refractivity contribution in [2.24, 2.45) is 7.05 Å². The molecule has 36 heavy (non-hydrogen) atoms. The van der Waals surface area contributed by atoms with Gasteiger partial charge in [0.2, 0.25) is 0 Å². The summed E-state index contributed by atoms with van der Waals surface area (Å²) in [6, 6.07) is 17.2. The Hall–Kier alpha value is -4.60. The van der Waals surface area contributed by atoms with Gasteiger partial charge in [-0.25, -0.2) is 0 Å². The van der Waals surface area contributed by atoms with Crippen LogP contribution >= 0.6 is 11.3 Å². The van der Waals surface area contributed by atoms with E-state index in [1.54, 1.807) is 17.7 Å². The van der Waals surface area contributed by atoms with Gasteiger partial charge in [0.15, 0.2) is 0 Å². The van der Waals surface area contributed by atoms with Gasteiger partial charge in [0, 0.05) is 31.4 Å². The van der Waals surface area contributed by atoms with E-state index < -0.39 is 0 Å². The largest absolute Gasteiger partial charge is 1.00 e. The van der Waals surface area contributed by atoms with Crippen molar-refractivity contribution in [3.63, 3.8) is 0 Å². The predicted octanol–water partition coefficient (Wildman–Crippen LogP) is 2.47. The van der Waals surface area contributed by atoms with Crippen LogP contribution in [0.25, 0.3) is 11.6 Å². The highest BCUT2D eigenvalue weighted by atomic mass is 32.1. The minimum absolute atomic E-state index is 0. The summed E-state index contributed by atoms with van der Waals surface area (Å²) >= 11 is 1.36. The van der Waals surface area contributed by atoms with Crippen molar-refractivity contribution in [2.75, 3.05) is 11.4 Å². The van der Waals surface area contributed by atoms with Crippen LogP contribution in [0.2, 0.25) is 0 Å². The zero-order valence-corrected chi connectivity index (χ0v) is 20.6. The molecule has 184 valence electrons. The summed E-state index contributed by atoms with van der Waals surface area (Å²) in [5, 5.41) is 9.41. The first-order valence-corrected chi connectivity index (χ1v) is 11.5. The molecule has 0 bridgehead atoms. The lowest BCUT2D eigenvalue weighted by Gasteiger charge is -2.19. The molecule has 0 saturated heterocycles. The molecule has 0 N–H and O–H groups in total. The smallest absolute Gasteiger partial charge is 0.373 e. The number of fused-ring (bicyclic) bond motifs is 1. The predicted molar refractivity (Wildman–Crippen MR) is 136 cm³/mol. The number of aryl methyl sites for hydroxylation is 1. The molecule has 0 fully saturated rings. The Labute approximate surface area is 212 Å². The number of thiazole rings is 1. The van der Waals surface area contributed by atoms with Crippen molar-refractivity contribution < 1.29 is 20.6 Å². The van der Waals surface area contributed by atoms with E-state index in [2.05, 4.69) is 66.9 Å². The number of nitriles is 1. The number of anilines is 2. The number of benzene rings is 2. The van der Waals surface area contributed by atoms with Gasteiger partial charge >= 0.3 is 12.3 Å². The van der Waals surface area contributed by atoms with Crippen LogP contribution in [0.3, 0.4) is 0 Å². The molecule has 0 atom stereocenters. The van der Waals surface area contributed by atoms with Gasteiger partial charge in [-0.1, -0.05) is 29.8 Å². The fourth-order valence-corrected chi connectivity index (χ4v) is 4.91. The summed E-state index contributed by atoms with van der Waals surface area (Å²) < 4.78 is 2.89. The SMILES string of the molecule is C=CC/C(C#N)=c1/s/c(=C\c2ccc3c(c2)CCN3c2ccc(C)cc2)c(=O)n1C.O=C=O.O=C=O.[2H-]. The summed E-state index contributed by atoms with van der Waals surface area (Å²) in [4.78, 5) is 47.5. The van der Waals surface area contributed by atoms with E-state index in [1.807, 2.05) is 6.08 Å². The number of hydrogen-bond donors (Lipinski definition) is 0. The van der Waals surface area contributed by atoms with Crippen molar-refractivity contribution in [2.45, 2.75) is 19.8 Å². The Morgan fingerprint density at radius 3 is 2.36 bits per heavy atom. The molecule has 0 unspecified atom stereocenters. The van der Waals surface area contributed by atoms with E-state index in [9.17, 15) is 10.1 Å². The molecule has 9 heteroatoms. The van der Waals surface area contributed by atoms with Gasteiger partial charge in [-0.2, -0.15) is 24.4 Å². The zero-order chi connectivity index (χ0) is 26.7. The van der Waals surface area contributed by atoms with Crippen molar-refractivity contribution >= 4 is 46.7 Å². The van der Waals surface area contributed by atoms with Crippen LogP contribution in [0.1, 0.15) is 24.5 Å². The molecule has 1 aliphatic heterocycles. The van der Waals surface area contributed by atoms with Crippen molar-refractivity contribution in [3.8, 4) is 6.07 Å². The lowest BCUT2D eigenvalue weighted by molar-refractivity contribution is -0.193. The van der Waals surface area contributed by atoms with Crippen LogP contribution < -0.4 is 19.7 Å². The highest BCUT2D eigenvalue weighted by Gasteiger charge is 2.20. The average Bonchev–Trinajstić information content (AvgIpc) is 3.40. The second kappa shape index (κ2) is 13.3. The normalized spacial score (nSPS) is 12.5. The molecular weight excluding hydrogens is 478 g/mol. The molecule has 0 radical (unpaired) electrons. The number of nitrogens with zero attached hydrogens (tertiary/aromatic N) is 3. The number of allylic oxidation sites excluding steroid dienone is 1. The Bertz CT molecular complexity index is 1520. The number of hydrogen-bond acceptors (Lipinski definition) is 8. The molecule has 3 aromatic rings. The van der Waals surface area contributed by atoms with E-state index in [0.717, 1.165) is 18.5 Å². The Morgan fingerprint density at radius 2 is 1.78 bits per heavy atom. The number of rotatable bonds is 4. The van der Waals surface area contributed by atoms with Crippen LogP contribution in [0, 0.1) is 18.3 Å². The fraction of sp³-hybridized carbons (Fsp3) is 0.185. The van der Waals surface area contributed by atoms with Crippen molar-refractivity contribution in [3.05, 3.63) is 91.4 Å². The first kappa shape index (κ1) is 27.6. The van der Waals surface area contributed by atoms with E-state index >= 15 is 0 Å². The summed E-state index contributed by atoms with van der Waals surface area (Å²) in [5.41, 5.74) is 6.47. The fourth-order valence-electron chi connectivity index (χ4n) is 3.81. The molecule has 2 aromatic carbocycles. The Morgan fingerprint density at radius 1 is 1.14 bits per heavy atom. The summed E-state index contributed by atoms with van der Waals surface area (Å²) in [5.74, 6) is 0. The molecular formula is C27H24N3O5S-. The van der Waals surface area contributed by atoms with Crippen LogP contribution in [0.5, 0.6) is 0 Å². The van der Waals surface area contributed by atoms with E-state index in [0.29, 0.717) is 21.2 Å². The first-order valence-electron chi connectivity index (χ1n) is 10.7. The van der Waals surface area contributed by atoms with Gasteiger partial charge in [0.25, 0.3) is 5.56 Å². The summed E-state index contributed by atoms with van der Waals surface area (Å²) in [7, 11) is 1.72. The quantitative estimate of drug-likeness (QED) is 0.502. The lowest BCUT2D eigenvalue weighted by Crippen LogP contribution is -2.29. The monoisotopic (exact) mass is 503 g/mol. The van der Waals surface area contributed by atoms with E-state index in [4.69, 9.17) is 19.2 Å². The molecule has 1 aliphatic rings. The van der Waals surface area contributed by atoms with Crippen molar-refractivity contribution in [1.29, 1.82) is 5.26 Å². The van der Waals surface area contributed by atoms with Gasteiger partial charge in [-0.3, -0.25) is 4.79 Å². The summed E-state index contributed by atoms with van der Waals surface area (Å²) in [6.45, 7) is 6.75. The molecule has 8 nitrogen and oxygen atoms in total. The highest BCUT2D eigenvalue weighted by molar-refractivity contribution is 7.07. The third kappa shape index (κ3) is 6.50. The van der Waals surface area contributed by atoms with Crippen LogP contribution in [-0.4, -0.2) is 23.4 Å². The zero-order valence-electron chi connectivity index (χ0n) is 20.8. The summed E-state index contributed by atoms with van der Waals surface area (Å²) in [6.07, 6.45) is 5.54. The molecule has 0 amide bonds. The van der Waals surface area contributed by atoms with E-state index in [-0.39, 0.29) is 19.3 Å². The van der Waals surface area contributed by atoms with Gasteiger partial charge in [-0.15, -0.1) is 17.9 Å². The second-order valence-electron chi connectivity index (χ2n) is 7.66. The Kier molecular flexibility index (Phi) is 10.2. The molecule has 2 heterocycles. The Balaban J connectivity index is 0.000000894. The van der Waals surface area contributed by atoms with Gasteiger partial charge in [0.1, 0.15) is 4.66 Å². The topological polar surface area (TPSA) is 117 Å². The van der Waals surface area contributed by atoms with E-state index in [1.165, 1.54) is 33.8 Å². The number of aromatic nitrogens is 1. The van der Waals surface area contributed by atoms with Crippen LogP contribution in [0.15, 0.2) is 59.9 Å². The van der Waals surface area contributed by atoms with Gasteiger partial charge < -0.3 is 10.9 Å². The first-order chi connectivity index (χ1) is 17.3. The third-order valence-corrected chi connectivity index (χ3v) is 6.64. The van der Waals surface area contributed by atoms with Crippen LogP contribution in [-0.2, 0) is 32.6 Å². The second-order valence-corrected chi connectivity index (χ2v) is 8.69. The van der Waals surface area contributed by atoms with Crippen LogP contribution in [0.4, 0.5) is 11.4 Å². The maximum absolute atomic E-state index is 12.7. The third-order valence-electron chi connectivity index (χ3n) is 5.41. The average molecular weight is 504 g/mol. The van der Waals surface area contributed by atoms with Gasteiger partial charge in [0.05, 0.1) is 16.2 Å². The molecule has 4 rings (SSSR count). The van der Waals surface area contributed by atoms with Crippen molar-refractivity contribution in [1.82, 2.24) is 4.57 Å². The molecule has 0 aliphatic carbocycles. The maximum atomic E-state index is 12.7. The standard InChI is InChI=1S/C25H23N3OS.2CO2.H/c1-4-5-20(16-26)25-27(3)24(29)23(30-25)15-18-8-11-22-19(14-18)12-13-28(22)21-9-6-17(2)7-10-21;2*2-1-3;/h4,6-11,14-15H,1,5,12-13H2,2-3H3;;;/q;;;-1/b23-15-,25-20-;;;/i;;;1+1. The minimum atomic E-state index is -0.0754. The highest BCUT2D eigenvalue weighted by Crippen LogP contribution is 2.35. The number of carbonyl (C=O) groups excluding carboxylic acids is 4. The minimum Gasteiger partial charge on any atom is -1.00 e. The molecule has 1 aromatic heterocycles. The van der Waals surface area contributed by atoms with Gasteiger partial charge in [-0.05, 0) is 54.8 Å². The molecule has 0 saturated carbocycles. The molecule has 0 spiro atoms.